The van der Waals surface area contributed by atoms with E-state index < -0.39 is 5.60 Å². The van der Waals surface area contributed by atoms with Crippen LogP contribution in [-0.2, 0) is 0 Å². The van der Waals surface area contributed by atoms with Crippen LogP contribution in [0.2, 0.25) is 0 Å². The molecule has 0 aromatic carbocycles. The molecule has 1 amide bonds. The zero-order valence-electron chi connectivity index (χ0n) is 12.4. The number of hydrogen-bond donors (Lipinski definition) is 1. The summed E-state index contributed by atoms with van der Waals surface area (Å²) in [5.74, 6) is -0.137. The minimum Gasteiger partial charge on any atom is -0.388 e. The second-order valence-electron chi connectivity index (χ2n) is 5.94. The lowest BCUT2D eigenvalue weighted by atomic mass is 10.0. The van der Waals surface area contributed by atoms with Crippen LogP contribution in [0, 0.1) is 6.92 Å². The van der Waals surface area contributed by atoms with Gasteiger partial charge < -0.3 is 10.0 Å². The fraction of sp³-hybridized carbons (Fsp3) is 0.533. The van der Waals surface area contributed by atoms with Crippen molar-refractivity contribution in [2.75, 3.05) is 13.6 Å². The van der Waals surface area contributed by atoms with Crippen LogP contribution in [0.1, 0.15) is 41.7 Å². The van der Waals surface area contributed by atoms with E-state index in [9.17, 15) is 9.90 Å². The SMILES string of the molecule is Cc1nn2cccnc2c1C(=O)N(C)CC1(O)CCCC1. The Morgan fingerprint density at radius 2 is 2.19 bits per heavy atom. The average Bonchev–Trinajstić information content (AvgIpc) is 3.00. The van der Waals surface area contributed by atoms with Crippen molar-refractivity contribution in [2.24, 2.45) is 0 Å². The molecule has 21 heavy (non-hydrogen) atoms. The Bertz CT molecular complexity index is 673. The van der Waals surface area contributed by atoms with Gasteiger partial charge in [-0.25, -0.2) is 9.50 Å². The van der Waals surface area contributed by atoms with Crippen LogP contribution in [0.5, 0.6) is 0 Å². The van der Waals surface area contributed by atoms with E-state index in [4.69, 9.17) is 0 Å². The van der Waals surface area contributed by atoms with Crippen LogP contribution in [0.15, 0.2) is 18.5 Å². The van der Waals surface area contributed by atoms with Crippen LogP contribution in [0.3, 0.4) is 0 Å². The lowest BCUT2D eigenvalue weighted by molar-refractivity contribution is 0.0157. The molecule has 2 aromatic heterocycles. The maximum absolute atomic E-state index is 12.7. The van der Waals surface area contributed by atoms with Gasteiger partial charge in [0, 0.05) is 26.0 Å². The van der Waals surface area contributed by atoms with Gasteiger partial charge in [0.05, 0.1) is 11.3 Å². The predicted octanol–water partition coefficient (Wildman–Crippen LogP) is 1.41. The third kappa shape index (κ3) is 2.51. The summed E-state index contributed by atoms with van der Waals surface area (Å²) in [5, 5.41) is 14.8. The molecule has 1 saturated carbocycles. The van der Waals surface area contributed by atoms with E-state index in [0.717, 1.165) is 25.7 Å². The van der Waals surface area contributed by atoms with Gasteiger partial charge in [0.1, 0.15) is 5.56 Å². The quantitative estimate of drug-likeness (QED) is 0.927. The molecule has 6 heteroatoms. The molecule has 1 aliphatic rings. The first kappa shape index (κ1) is 14.0. The van der Waals surface area contributed by atoms with Gasteiger partial charge in [0.25, 0.3) is 5.91 Å². The summed E-state index contributed by atoms with van der Waals surface area (Å²) in [6, 6.07) is 1.78. The van der Waals surface area contributed by atoms with Crippen LogP contribution in [0.25, 0.3) is 5.65 Å². The molecule has 2 aromatic rings. The van der Waals surface area contributed by atoms with Gasteiger partial charge in [-0.1, -0.05) is 12.8 Å². The number of carbonyl (C=O) groups is 1. The fourth-order valence-electron chi connectivity index (χ4n) is 3.14. The number of hydrogen-bond acceptors (Lipinski definition) is 4. The second kappa shape index (κ2) is 5.11. The van der Waals surface area contributed by atoms with Gasteiger partial charge >= 0.3 is 0 Å². The largest absolute Gasteiger partial charge is 0.388 e. The highest BCUT2D eigenvalue weighted by molar-refractivity contribution is 6.00. The number of likely N-dealkylation sites (N-methyl/N-ethyl adjacent to an activating group) is 1. The highest BCUT2D eigenvalue weighted by Crippen LogP contribution is 2.30. The molecule has 1 aliphatic carbocycles. The second-order valence-corrected chi connectivity index (χ2v) is 5.94. The molecular formula is C15H20N4O2. The topological polar surface area (TPSA) is 70.7 Å². The van der Waals surface area contributed by atoms with E-state index in [0.29, 0.717) is 23.4 Å². The van der Waals surface area contributed by atoms with Crippen LogP contribution < -0.4 is 0 Å². The Morgan fingerprint density at radius 3 is 2.90 bits per heavy atom. The summed E-state index contributed by atoms with van der Waals surface area (Å²) in [7, 11) is 1.73. The summed E-state index contributed by atoms with van der Waals surface area (Å²) >= 11 is 0. The van der Waals surface area contributed by atoms with Crippen molar-refractivity contribution in [3.63, 3.8) is 0 Å². The fourth-order valence-corrected chi connectivity index (χ4v) is 3.14. The summed E-state index contributed by atoms with van der Waals surface area (Å²) in [6.45, 7) is 2.16. The maximum atomic E-state index is 12.7. The van der Waals surface area contributed by atoms with Gasteiger partial charge in [0.2, 0.25) is 0 Å². The molecule has 6 nitrogen and oxygen atoms in total. The molecule has 3 rings (SSSR count). The molecular weight excluding hydrogens is 268 g/mol. The molecule has 0 saturated heterocycles. The van der Waals surface area contributed by atoms with E-state index in [1.54, 1.807) is 41.8 Å². The zero-order valence-corrected chi connectivity index (χ0v) is 12.4. The van der Waals surface area contributed by atoms with Crippen LogP contribution >= 0.6 is 0 Å². The summed E-state index contributed by atoms with van der Waals surface area (Å²) < 4.78 is 1.61. The summed E-state index contributed by atoms with van der Waals surface area (Å²) in [6.07, 6.45) is 6.99. The number of fused-ring (bicyclic) bond motifs is 1. The number of aliphatic hydroxyl groups is 1. The molecule has 112 valence electrons. The van der Waals surface area contributed by atoms with Crippen molar-refractivity contribution < 1.29 is 9.90 Å². The predicted molar refractivity (Wildman–Crippen MR) is 78.1 cm³/mol. The van der Waals surface area contributed by atoms with Crippen molar-refractivity contribution in [3.05, 3.63) is 29.7 Å². The molecule has 0 unspecified atom stereocenters. The van der Waals surface area contributed by atoms with Gasteiger partial charge in [-0.15, -0.1) is 0 Å². The Labute approximate surface area is 123 Å². The van der Waals surface area contributed by atoms with E-state index in [1.165, 1.54) is 0 Å². The maximum Gasteiger partial charge on any atom is 0.259 e. The van der Waals surface area contributed by atoms with Gasteiger partial charge in [0.15, 0.2) is 5.65 Å². The number of nitrogens with zero attached hydrogens (tertiary/aromatic N) is 4. The van der Waals surface area contributed by atoms with Gasteiger partial charge in [-0.05, 0) is 25.8 Å². The van der Waals surface area contributed by atoms with Gasteiger partial charge in [-0.3, -0.25) is 4.79 Å². The Hall–Kier alpha value is -1.95. The number of amides is 1. The van der Waals surface area contributed by atoms with Gasteiger partial charge in [-0.2, -0.15) is 5.10 Å². The molecule has 2 heterocycles. The van der Waals surface area contributed by atoms with Crippen molar-refractivity contribution >= 4 is 11.6 Å². The highest BCUT2D eigenvalue weighted by atomic mass is 16.3. The monoisotopic (exact) mass is 288 g/mol. The molecule has 0 aliphatic heterocycles. The number of rotatable bonds is 3. The molecule has 0 radical (unpaired) electrons. The minimum atomic E-state index is -0.741. The minimum absolute atomic E-state index is 0.137. The standard InChI is InChI=1S/C15H20N4O2/c1-11-12(13-16-8-5-9-19(13)17-11)14(20)18(2)10-15(21)6-3-4-7-15/h5,8-9,21H,3-4,6-7,10H2,1-2H3. The van der Waals surface area contributed by atoms with E-state index in [2.05, 4.69) is 10.1 Å². The number of carbonyl (C=O) groups excluding carboxylic acids is 1. The average molecular weight is 288 g/mol. The molecule has 0 bridgehead atoms. The molecule has 1 fully saturated rings. The Balaban J connectivity index is 1.88. The number of aromatic nitrogens is 3. The van der Waals surface area contributed by atoms with Crippen molar-refractivity contribution in [2.45, 2.75) is 38.2 Å². The zero-order chi connectivity index (χ0) is 15.0. The molecule has 0 atom stereocenters. The first-order valence-electron chi connectivity index (χ1n) is 7.28. The van der Waals surface area contributed by atoms with Crippen LogP contribution in [-0.4, -0.2) is 49.7 Å². The first-order valence-corrected chi connectivity index (χ1v) is 7.28. The third-order valence-corrected chi connectivity index (χ3v) is 4.20. The van der Waals surface area contributed by atoms with Crippen molar-refractivity contribution in [3.8, 4) is 0 Å². The van der Waals surface area contributed by atoms with Crippen LogP contribution in [0.4, 0.5) is 0 Å². The summed E-state index contributed by atoms with van der Waals surface area (Å²) in [4.78, 5) is 18.5. The van der Waals surface area contributed by atoms with Crippen molar-refractivity contribution in [1.82, 2.24) is 19.5 Å². The Kier molecular flexibility index (Phi) is 3.41. The van der Waals surface area contributed by atoms with E-state index in [-0.39, 0.29) is 5.91 Å². The highest BCUT2D eigenvalue weighted by Gasteiger charge is 2.34. The first-order chi connectivity index (χ1) is 10.0. The number of aryl methyl sites for hydroxylation is 1. The lowest BCUT2D eigenvalue weighted by Crippen LogP contribution is -2.42. The molecule has 0 spiro atoms. The smallest absolute Gasteiger partial charge is 0.259 e. The normalized spacial score (nSPS) is 17.3. The Morgan fingerprint density at radius 1 is 1.48 bits per heavy atom. The summed E-state index contributed by atoms with van der Waals surface area (Å²) in [5.41, 5.74) is 0.989. The van der Waals surface area contributed by atoms with E-state index in [1.807, 2.05) is 0 Å². The van der Waals surface area contributed by atoms with Crippen molar-refractivity contribution in [1.29, 1.82) is 0 Å². The van der Waals surface area contributed by atoms with E-state index >= 15 is 0 Å². The molecule has 1 N–H and O–H groups in total. The third-order valence-electron chi connectivity index (χ3n) is 4.20. The lowest BCUT2D eigenvalue weighted by Gasteiger charge is -2.28.